The van der Waals surface area contributed by atoms with E-state index in [1.165, 1.54) is 6.07 Å². The van der Waals surface area contributed by atoms with Crippen LogP contribution in [0.1, 0.15) is 25.7 Å². The molecule has 0 radical (unpaired) electrons. The van der Waals surface area contributed by atoms with Gasteiger partial charge in [0.05, 0.1) is 12.3 Å². The third-order valence-corrected chi connectivity index (χ3v) is 6.56. The first-order valence-corrected chi connectivity index (χ1v) is 9.55. The van der Waals surface area contributed by atoms with E-state index in [2.05, 4.69) is 5.32 Å². The highest BCUT2D eigenvalue weighted by Gasteiger charge is 2.49. The number of carbonyl (C=O) groups is 1. The van der Waals surface area contributed by atoms with Gasteiger partial charge in [0.2, 0.25) is 5.91 Å². The fraction of sp³-hybridized carbons (Fsp3) is 0.562. The first kappa shape index (κ1) is 17.1. The minimum Gasteiger partial charge on any atom is -0.486 e. The molecular formula is C16H19F2NO4S. The molecule has 1 aliphatic heterocycles. The predicted octanol–water partition coefficient (Wildman–Crippen LogP) is 2.16. The molecule has 1 N–H and O–H groups in total. The summed E-state index contributed by atoms with van der Waals surface area (Å²) in [7, 11) is -3.51. The summed E-state index contributed by atoms with van der Waals surface area (Å²) in [5, 5.41) is 2.48. The van der Waals surface area contributed by atoms with Crippen molar-refractivity contribution >= 4 is 15.7 Å². The lowest BCUT2D eigenvalue weighted by molar-refractivity contribution is -0.140. The molecule has 1 fully saturated rings. The van der Waals surface area contributed by atoms with Crippen LogP contribution in [0.3, 0.4) is 0 Å². The van der Waals surface area contributed by atoms with Crippen LogP contribution in [-0.2, 0) is 14.6 Å². The number of fused-ring (bicyclic) bond motifs is 1. The molecule has 132 valence electrons. The Morgan fingerprint density at radius 3 is 2.62 bits per heavy atom. The van der Waals surface area contributed by atoms with Gasteiger partial charge in [0.25, 0.3) is 6.43 Å². The van der Waals surface area contributed by atoms with Crippen molar-refractivity contribution in [3.63, 3.8) is 0 Å². The Morgan fingerprint density at radius 2 is 1.96 bits per heavy atom. The normalized spacial score (nSPS) is 24.2. The number of hydrogen-bond acceptors (Lipinski definition) is 4. The lowest BCUT2D eigenvalue weighted by atomic mass is 9.85. The number of carbonyl (C=O) groups excluding carboxylic acids is 1. The van der Waals surface area contributed by atoms with E-state index in [-0.39, 0.29) is 35.8 Å². The summed E-state index contributed by atoms with van der Waals surface area (Å²) in [6.07, 6.45) is -2.01. The van der Waals surface area contributed by atoms with Crippen molar-refractivity contribution in [1.82, 2.24) is 5.32 Å². The van der Waals surface area contributed by atoms with Gasteiger partial charge in [-0.05, 0) is 25.0 Å². The Morgan fingerprint density at radius 1 is 1.29 bits per heavy atom. The number of nitrogens with one attached hydrogen (secondary N) is 1. The van der Waals surface area contributed by atoms with Crippen molar-refractivity contribution in [2.24, 2.45) is 5.41 Å². The fourth-order valence-electron chi connectivity index (χ4n) is 3.39. The maximum absolute atomic E-state index is 13.3. The van der Waals surface area contributed by atoms with Crippen LogP contribution in [0.5, 0.6) is 5.75 Å². The Balaban J connectivity index is 1.69. The average Bonchev–Trinajstić information content (AvgIpc) is 3.03. The highest BCUT2D eigenvalue weighted by molar-refractivity contribution is 7.91. The van der Waals surface area contributed by atoms with Gasteiger partial charge in [0.15, 0.2) is 9.84 Å². The largest absolute Gasteiger partial charge is 0.486 e. The third-order valence-electron chi connectivity index (χ3n) is 4.74. The molecular weight excluding hydrogens is 340 g/mol. The second-order valence-corrected chi connectivity index (χ2v) is 8.34. The summed E-state index contributed by atoms with van der Waals surface area (Å²) >= 11 is 0. The molecule has 1 heterocycles. The number of amides is 1. The minimum atomic E-state index is -3.51. The summed E-state index contributed by atoms with van der Waals surface area (Å²) in [5.74, 6) is -0.770. The molecule has 5 nitrogen and oxygen atoms in total. The van der Waals surface area contributed by atoms with Crippen LogP contribution in [-0.4, -0.2) is 39.2 Å². The molecule has 0 bridgehead atoms. The number of hydrogen-bond donors (Lipinski definition) is 1. The second kappa shape index (κ2) is 6.31. The third kappa shape index (κ3) is 2.99. The van der Waals surface area contributed by atoms with Crippen molar-refractivity contribution in [3.8, 4) is 5.75 Å². The number of ether oxygens (including phenoxy) is 1. The van der Waals surface area contributed by atoms with E-state index in [1.807, 2.05) is 0 Å². The van der Waals surface area contributed by atoms with Crippen molar-refractivity contribution < 1.29 is 26.7 Å². The number of halogens is 2. The maximum Gasteiger partial charge on any atom is 0.252 e. The molecule has 0 spiro atoms. The van der Waals surface area contributed by atoms with Crippen LogP contribution < -0.4 is 10.1 Å². The van der Waals surface area contributed by atoms with E-state index in [4.69, 9.17) is 4.74 Å². The van der Waals surface area contributed by atoms with E-state index in [1.54, 1.807) is 18.2 Å². The number of rotatable bonds is 4. The fourth-order valence-corrected chi connectivity index (χ4v) is 4.95. The Labute approximate surface area is 139 Å². The van der Waals surface area contributed by atoms with E-state index in [0.717, 1.165) is 0 Å². The first-order valence-electron chi connectivity index (χ1n) is 7.90. The molecule has 1 aromatic rings. The molecule has 24 heavy (non-hydrogen) atoms. The van der Waals surface area contributed by atoms with Gasteiger partial charge in [-0.25, -0.2) is 17.2 Å². The van der Waals surface area contributed by atoms with Crippen molar-refractivity contribution in [2.45, 2.75) is 43.1 Å². The van der Waals surface area contributed by atoms with Crippen molar-refractivity contribution in [1.29, 1.82) is 0 Å². The number of benzene rings is 1. The highest BCUT2D eigenvalue weighted by Crippen LogP contribution is 2.43. The minimum absolute atomic E-state index is 0.110. The Kier molecular flexibility index (Phi) is 4.50. The molecule has 0 aromatic heterocycles. The number of sulfone groups is 1. The van der Waals surface area contributed by atoms with E-state index < -0.39 is 33.7 Å². The molecule has 1 saturated carbocycles. The molecule has 1 aliphatic carbocycles. The summed E-state index contributed by atoms with van der Waals surface area (Å²) in [5.41, 5.74) is -1.65. The average molecular weight is 359 g/mol. The molecule has 1 amide bonds. The second-order valence-electron chi connectivity index (χ2n) is 6.34. The van der Waals surface area contributed by atoms with Crippen LogP contribution in [0.25, 0.3) is 0 Å². The molecule has 1 aromatic carbocycles. The molecule has 0 saturated heterocycles. The summed E-state index contributed by atoms with van der Waals surface area (Å²) in [4.78, 5) is 12.4. The molecule has 2 aliphatic rings. The molecule has 1 unspecified atom stereocenters. The number of alkyl halides is 2. The van der Waals surface area contributed by atoms with Gasteiger partial charge in [-0.2, -0.15) is 0 Å². The quantitative estimate of drug-likeness (QED) is 0.894. The summed E-state index contributed by atoms with van der Waals surface area (Å²) in [6.45, 7) is -0.110. The highest BCUT2D eigenvalue weighted by atomic mass is 32.2. The monoisotopic (exact) mass is 359 g/mol. The van der Waals surface area contributed by atoms with Gasteiger partial charge in [-0.3, -0.25) is 4.79 Å². The Hall–Kier alpha value is -1.70. The predicted molar refractivity (Wildman–Crippen MR) is 82.8 cm³/mol. The summed E-state index contributed by atoms with van der Waals surface area (Å²) in [6, 6.07) is 6.26. The first-order chi connectivity index (χ1) is 11.3. The van der Waals surface area contributed by atoms with Crippen LogP contribution in [0.4, 0.5) is 8.78 Å². The van der Waals surface area contributed by atoms with Crippen LogP contribution >= 0.6 is 0 Å². The van der Waals surface area contributed by atoms with Crippen LogP contribution in [0.15, 0.2) is 29.2 Å². The lowest BCUT2D eigenvalue weighted by Crippen LogP contribution is -2.49. The van der Waals surface area contributed by atoms with Gasteiger partial charge >= 0.3 is 0 Å². The van der Waals surface area contributed by atoms with E-state index in [9.17, 15) is 22.0 Å². The zero-order chi connectivity index (χ0) is 17.4. The van der Waals surface area contributed by atoms with Gasteiger partial charge in [0.1, 0.15) is 22.2 Å². The van der Waals surface area contributed by atoms with Gasteiger partial charge in [-0.1, -0.05) is 25.0 Å². The van der Waals surface area contributed by atoms with Crippen LogP contribution in [0.2, 0.25) is 0 Å². The van der Waals surface area contributed by atoms with E-state index in [0.29, 0.717) is 12.8 Å². The number of para-hydroxylation sites is 1. The topological polar surface area (TPSA) is 72.5 Å². The smallest absolute Gasteiger partial charge is 0.252 e. The SMILES string of the molecule is O=C(NCC1CS(=O)(=O)c2ccccc2O1)C1(C(F)F)CCCC1. The summed E-state index contributed by atoms with van der Waals surface area (Å²) < 4.78 is 56.8. The standard InChI is InChI=1S/C16H19F2NO4S/c17-14(18)16(7-3-4-8-16)15(20)19-9-11-10-24(21,22)13-6-2-1-5-12(13)23-11/h1-2,5-6,11,14H,3-4,7-10H2,(H,19,20). The molecule has 3 rings (SSSR count). The van der Waals surface area contributed by atoms with Gasteiger partial charge < -0.3 is 10.1 Å². The van der Waals surface area contributed by atoms with Gasteiger partial charge in [0, 0.05) is 0 Å². The Bertz CT molecular complexity index is 729. The van der Waals surface area contributed by atoms with Crippen molar-refractivity contribution in [3.05, 3.63) is 24.3 Å². The van der Waals surface area contributed by atoms with Gasteiger partial charge in [-0.15, -0.1) is 0 Å². The lowest BCUT2D eigenvalue weighted by Gasteiger charge is -2.29. The zero-order valence-corrected chi connectivity index (χ0v) is 13.8. The molecule has 8 heteroatoms. The van der Waals surface area contributed by atoms with Crippen LogP contribution in [0, 0.1) is 5.41 Å². The van der Waals surface area contributed by atoms with E-state index >= 15 is 0 Å². The zero-order valence-electron chi connectivity index (χ0n) is 13.0. The molecule has 1 atom stereocenters. The van der Waals surface area contributed by atoms with Crippen molar-refractivity contribution in [2.75, 3.05) is 12.3 Å². The maximum atomic E-state index is 13.3.